The number of hydrogen-bond acceptors (Lipinski definition) is 4. The van der Waals surface area contributed by atoms with Gasteiger partial charge in [0.15, 0.2) is 11.5 Å². The predicted molar refractivity (Wildman–Crippen MR) is 116 cm³/mol. The molecule has 0 radical (unpaired) electrons. The molecule has 0 saturated heterocycles. The van der Waals surface area contributed by atoms with Crippen LogP contribution in [0, 0.1) is 5.92 Å². The van der Waals surface area contributed by atoms with Gasteiger partial charge in [-0.3, -0.25) is 4.31 Å². The van der Waals surface area contributed by atoms with Crippen LogP contribution in [0.15, 0.2) is 53.6 Å². The molecule has 2 aromatic carbocycles. The van der Waals surface area contributed by atoms with Crippen LogP contribution in [0.3, 0.4) is 0 Å². The molecular formula is C22H28N2O4S. The summed E-state index contributed by atoms with van der Waals surface area (Å²) in [5, 5.41) is 0.965. The van der Waals surface area contributed by atoms with Gasteiger partial charge in [0.05, 0.1) is 24.8 Å². The molecule has 0 aliphatic heterocycles. The molecule has 1 unspecified atom stereocenters. The maximum atomic E-state index is 13.7. The highest BCUT2D eigenvalue weighted by molar-refractivity contribution is 7.92. The van der Waals surface area contributed by atoms with Gasteiger partial charge in [0.1, 0.15) is 0 Å². The van der Waals surface area contributed by atoms with Crippen LogP contribution in [-0.2, 0) is 10.0 Å². The highest BCUT2D eigenvalue weighted by Crippen LogP contribution is 2.34. The van der Waals surface area contributed by atoms with Crippen LogP contribution in [-0.4, -0.2) is 33.7 Å². The lowest BCUT2D eigenvalue weighted by Gasteiger charge is -2.32. The summed E-state index contributed by atoms with van der Waals surface area (Å²) in [6, 6.07) is 12.1. The Bertz CT molecular complexity index is 1090. The van der Waals surface area contributed by atoms with Crippen LogP contribution in [0.2, 0.25) is 0 Å². The summed E-state index contributed by atoms with van der Waals surface area (Å²) in [4.78, 5) is 3.31. The average molecular weight is 417 g/mol. The lowest BCUT2D eigenvalue weighted by Crippen LogP contribution is -2.39. The Morgan fingerprint density at radius 1 is 0.966 bits per heavy atom. The van der Waals surface area contributed by atoms with Gasteiger partial charge < -0.3 is 14.5 Å². The van der Waals surface area contributed by atoms with Crippen LogP contribution in [0.1, 0.15) is 27.2 Å². The zero-order chi connectivity index (χ0) is 21.2. The van der Waals surface area contributed by atoms with E-state index in [0.29, 0.717) is 23.1 Å². The van der Waals surface area contributed by atoms with Gasteiger partial charge >= 0.3 is 0 Å². The van der Waals surface area contributed by atoms with Gasteiger partial charge in [0.2, 0.25) is 0 Å². The third-order valence-corrected chi connectivity index (χ3v) is 6.85. The monoisotopic (exact) mass is 416 g/mol. The Balaban J connectivity index is 2.13. The van der Waals surface area contributed by atoms with Crippen LogP contribution < -0.4 is 13.8 Å². The molecule has 3 aromatic rings. The number of fused-ring (bicyclic) bond motifs is 1. The maximum Gasteiger partial charge on any atom is 0.264 e. The second-order valence-corrected chi connectivity index (χ2v) is 9.36. The number of ether oxygens (including phenoxy) is 2. The summed E-state index contributed by atoms with van der Waals surface area (Å²) in [6.07, 6.45) is 2.58. The first-order valence-corrected chi connectivity index (χ1v) is 11.1. The molecule has 7 heteroatoms. The van der Waals surface area contributed by atoms with E-state index in [2.05, 4.69) is 18.8 Å². The molecule has 1 atom stereocenters. The average Bonchev–Trinajstić information content (AvgIpc) is 3.14. The first-order valence-electron chi connectivity index (χ1n) is 9.61. The minimum Gasteiger partial charge on any atom is -0.493 e. The smallest absolute Gasteiger partial charge is 0.264 e. The van der Waals surface area contributed by atoms with Crippen LogP contribution in [0.4, 0.5) is 5.69 Å². The fraction of sp³-hybridized carbons (Fsp3) is 0.364. The van der Waals surface area contributed by atoms with Gasteiger partial charge in [-0.1, -0.05) is 13.8 Å². The minimum atomic E-state index is -3.82. The number of methoxy groups -OCH3 is 2. The molecule has 3 rings (SSSR count). The first-order chi connectivity index (χ1) is 13.8. The van der Waals surface area contributed by atoms with E-state index in [4.69, 9.17) is 9.47 Å². The quantitative estimate of drug-likeness (QED) is 0.572. The van der Waals surface area contributed by atoms with Crippen molar-refractivity contribution < 1.29 is 17.9 Å². The predicted octanol–water partition coefficient (Wildman–Crippen LogP) is 4.82. The van der Waals surface area contributed by atoms with E-state index < -0.39 is 10.0 Å². The lowest BCUT2D eigenvalue weighted by atomic mass is 10.0. The van der Waals surface area contributed by atoms with Crippen molar-refractivity contribution in [2.75, 3.05) is 18.5 Å². The maximum absolute atomic E-state index is 13.7. The second kappa shape index (κ2) is 8.37. The Hall–Kier alpha value is -2.67. The summed E-state index contributed by atoms with van der Waals surface area (Å²) in [6.45, 7) is 6.12. The van der Waals surface area contributed by atoms with Crippen molar-refractivity contribution >= 4 is 26.6 Å². The Kier molecular flexibility index (Phi) is 6.07. The normalized spacial score (nSPS) is 12.9. The van der Waals surface area contributed by atoms with Gasteiger partial charge in [-0.25, -0.2) is 8.42 Å². The number of aromatic nitrogens is 1. The molecule has 1 heterocycles. The number of benzene rings is 2. The highest BCUT2D eigenvalue weighted by Gasteiger charge is 2.31. The Morgan fingerprint density at radius 3 is 2.34 bits per heavy atom. The van der Waals surface area contributed by atoms with E-state index in [1.54, 1.807) is 12.1 Å². The van der Waals surface area contributed by atoms with Crippen molar-refractivity contribution in [2.45, 2.75) is 38.1 Å². The van der Waals surface area contributed by atoms with Crippen molar-refractivity contribution in [3.8, 4) is 11.5 Å². The molecule has 1 N–H and O–H groups in total. The number of aromatic amines is 1. The number of nitrogens with one attached hydrogen (secondary N) is 1. The van der Waals surface area contributed by atoms with Crippen LogP contribution >= 0.6 is 0 Å². The van der Waals surface area contributed by atoms with Gasteiger partial charge in [-0.15, -0.1) is 0 Å². The van der Waals surface area contributed by atoms with Crippen LogP contribution in [0.25, 0.3) is 10.9 Å². The fourth-order valence-electron chi connectivity index (χ4n) is 3.68. The zero-order valence-electron chi connectivity index (χ0n) is 17.5. The molecule has 0 bridgehead atoms. The SMILES string of the molecule is COc1ccc(S(=O)(=O)N(c2ccc3[nH]ccc3c2)C(C)CC(C)C)cc1OC. The van der Waals surface area contributed by atoms with E-state index >= 15 is 0 Å². The number of H-pyrrole nitrogens is 1. The standard InChI is InChI=1S/C22H28N2O4S/c1-15(2)12-16(3)24(18-6-8-20-17(13-18)10-11-23-20)29(25,26)19-7-9-21(27-4)22(14-19)28-5/h6-11,13-16,23H,12H2,1-5H3. The Labute approximate surface area is 172 Å². The minimum absolute atomic E-state index is 0.167. The molecular weight excluding hydrogens is 388 g/mol. The van der Waals surface area contributed by atoms with Gasteiger partial charge in [-0.2, -0.15) is 0 Å². The Morgan fingerprint density at radius 2 is 1.69 bits per heavy atom. The molecule has 0 amide bonds. The number of anilines is 1. The summed E-state index contributed by atoms with van der Waals surface area (Å²) in [7, 11) is -0.804. The van der Waals surface area contributed by atoms with Crippen molar-refractivity contribution in [2.24, 2.45) is 5.92 Å². The molecule has 0 spiro atoms. The number of nitrogens with zero attached hydrogens (tertiary/aromatic N) is 1. The molecule has 6 nitrogen and oxygen atoms in total. The molecule has 0 fully saturated rings. The number of sulfonamides is 1. The second-order valence-electron chi connectivity index (χ2n) is 7.55. The van der Waals surface area contributed by atoms with Gasteiger partial charge in [-0.05, 0) is 55.7 Å². The topological polar surface area (TPSA) is 71.6 Å². The third kappa shape index (κ3) is 4.19. The summed E-state index contributed by atoms with van der Waals surface area (Å²) in [5.74, 6) is 1.22. The van der Waals surface area contributed by atoms with Crippen molar-refractivity contribution in [3.05, 3.63) is 48.7 Å². The van der Waals surface area contributed by atoms with Crippen molar-refractivity contribution in [1.82, 2.24) is 4.98 Å². The molecule has 156 valence electrons. The number of rotatable bonds is 8. The van der Waals surface area contributed by atoms with Gasteiger partial charge in [0, 0.05) is 29.2 Å². The van der Waals surface area contributed by atoms with E-state index in [1.807, 2.05) is 37.4 Å². The fourth-order valence-corrected chi connectivity index (χ4v) is 5.35. The van der Waals surface area contributed by atoms with Crippen LogP contribution in [0.5, 0.6) is 11.5 Å². The van der Waals surface area contributed by atoms with E-state index in [9.17, 15) is 8.42 Å². The molecule has 0 aliphatic rings. The van der Waals surface area contributed by atoms with E-state index in [0.717, 1.165) is 17.3 Å². The first kappa shape index (κ1) is 21.0. The number of hydrogen-bond donors (Lipinski definition) is 1. The highest BCUT2D eigenvalue weighted by atomic mass is 32.2. The summed E-state index contributed by atoms with van der Waals surface area (Å²) < 4.78 is 39.5. The van der Waals surface area contributed by atoms with Crippen molar-refractivity contribution in [1.29, 1.82) is 0 Å². The zero-order valence-corrected chi connectivity index (χ0v) is 18.3. The largest absolute Gasteiger partial charge is 0.493 e. The molecule has 0 aliphatic carbocycles. The lowest BCUT2D eigenvalue weighted by molar-refractivity contribution is 0.354. The third-order valence-electron chi connectivity index (χ3n) is 4.92. The van der Waals surface area contributed by atoms with Crippen molar-refractivity contribution in [3.63, 3.8) is 0 Å². The van der Waals surface area contributed by atoms with Gasteiger partial charge in [0.25, 0.3) is 10.0 Å². The summed E-state index contributed by atoms with van der Waals surface area (Å²) in [5.41, 5.74) is 1.61. The summed E-state index contributed by atoms with van der Waals surface area (Å²) >= 11 is 0. The molecule has 0 saturated carbocycles. The van der Waals surface area contributed by atoms with E-state index in [-0.39, 0.29) is 10.9 Å². The van der Waals surface area contributed by atoms with E-state index in [1.165, 1.54) is 24.6 Å². The molecule has 1 aromatic heterocycles. The molecule has 29 heavy (non-hydrogen) atoms.